The molecule has 2 atom stereocenters. The van der Waals surface area contributed by atoms with Gasteiger partial charge in [0.2, 0.25) is 0 Å². The Morgan fingerprint density at radius 3 is 3.00 bits per heavy atom. The molecular formula is C14H20ClN3O2. The molecule has 110 valence electrons. The lowest BCUT2D eigenvalue weighted by molar-refractivity contribution is 0.0866. The number of carbonyl (C=O) groups is 1. The average molecular weight is 298 g/mol. The van der Waals surface area contributed by atoms with Crippen LogP contribution in [0.4, 0.5) is 5.82 Å². The van der Waals surface area contributed by atoms with Crippen LogP contribution in [0.2, 0.25) is 5.02 Å². The van der Waals surface area contributed by atoms with Crippen molar-refractivity contribution in [2.24, 2.45) is 0 Å². The molecule has 1 aliphatic rings. The summed E-state index contributed by atoms with van der Waals surface area (Å²) in [6, 6.07) is 1.70. The van der Waals surface area contributed by atoms with Gasteiger partial charge in [0, 0.05) is 19.3 Å². The van der Waals surface area contributed by atoms with Crippen LogP contribution in [0.3, 0.4) is 0 Å². The van der Waals surface area contributed by atoms with Crippen molar-refractivity contribution < 1.29 is 9.53 Å². The van der Waals surface area contributed by atoms with E-state index in [1.165, 1.54) is 0 Å². The predicted octanol–water partition coefficient (Wildman–Crippen LogP) is 2.46. The van der Waals surface area contributed by atoms with E-state index in [1.54, 1.807) is 12.3 Å². The molecule has 1 amide bonds. The third-order valence-corrected chi connectivity index (χ3v) is 3.63. The zero-order chi connectivity index (χ0) is 14.5. The molecule has 0 radical (unpaired) electrons. The first kappa shape index (κ1) is 15.1. The van der Waals surface area contributed by atoms with Gasteiger partial charge in [-0.1, -0.05) is 18.5 Å². The fraction of sp³-hybridized carbons (Fsp3) is 0.571. The fourth-order valence-corrected chi connectivity index (χ4v) is 2.34. The lowest BCUT2D eigenvalue weighted by Crippen LogP contribution is -2.39. The van der Waals surface area contributed by atoms with Crippen LogP contribution >= 0.6 is 11.6 Å². The zero-order valence-electron chi connectivity index (χ0n) is 11.8. The predicted molar refractivity (Wildman–Crippen MR) is 79.3 cm³/mol. The van der Waals surface area contributed by atoms with Gasteiger partial charge in [-0.2, -0.15) is 0 Å². The summed E-state index contributed by atoms with van der Waals surface area (Å²) in [4.78, 5) is 16.3. The summed E-state index contributed by atoms with van der Waals surface area (Å²) in [7, 11) is 0. The van der Waals surface area contributed by atoms with Crippen molar-refractivity contribution in [3.8, 4) is 0 Å². The SMILES string of the molecule is CCCNc1ncc(C(=O)NC2CCOC2C)cc1Cl. The van der Waals surface area contributed by atoms with E-state index in [2.05, 4.69) is 22.5 Å². The van der Waals surface area contributed by atoms with Crippen molar-refractivity contribution in [2.45, 2.75) is 38.8 Å². The van der Waals surface area contributed by atoms with Crippen LogP contribution in [0.5, 0.6) is 0 Å². The Labute approximate surface area is 124 Å². The third kappa shape index (κ3) is 3.61. The molecule has 1 aromatic rings. The standard InChI is InChI=1S/C14H20ClN3O2/c1-3-5-16-13-11(15)7-10(8-17-13)14(19)18-12-4-6-20-9(12)2/h7-9,12H,3-6H2,1-2H3,(H,16,17)(H,18,19). The van der Waals surface area contributed by atoms with Gasteiger partial charge in [0.05, 0.1) is 22.7 Å². The normalized spacial score (nSPS) is 21.8. The second-order valence-corrected chi connectivity index (χ2v) is 5.33. The van der Waals surface area contributed by atoms with Crippen molar-refractivity contribution in [1.29, 1.82) is 0 Å². The number of amides is 1. The molecule has 20 heavy (non-hydrogen) atoms. The van der Waals surface area contributed by atoms with Crippen LogP contribution in [0, 0.1) is 0 Å². The Morgan fingerprint density at radius 2 is 2.40 bits per heavy atom. The number of anilines is 1. The average Bonchev–Trinajstić information content (AvgIpc) is 2.83. The van der Waals surface area contributed by atoms with Crippen LogP contribution in [-0.4, -0.2) is 36.2 Å². The largest absolute Gasteiger partial charge is 0.376 e. The summed E-state index contributed by atoms with van der Waals surface area (Å²) >= 11 is 6.12. The molecule has 6 heteroatoms. The van der Waals surface area contributed by atoms with Gasteiger partial charge >= 0.3 is 0 Å². The van der Waals surface area contributed by atoms with E-state index in [1.807, 2.05) is 6.92 Å². The van der Waals surface area contributed by atoms with Gasteiger partial charge in [0.1, 0.15) is 5.82 Å². The minimum Gasteiger partial charge on any atom is -0.376 e. The first-order valence-electron chi connectivity index (χ1n) is 6.93. The fourth-order valence-electron chi connectivity index (χ4n) is 2.11. The molecule has 1 fully saturated rings. The number of carbonyl (C=O) groups excluding carboxylic acids is 1. The highest BCUT2D eigenvalue weighted by atomic mass is 35.5. The van der Waals surface area contributed by atoms with Crippen LogP contribution in [0.1, 0.15) is 37.0 Å². The number of hydrogen-bond acceptors (Lipinski definition) is 4. The van der Waals surface area contributed by atoms with Gasteiger partial charge in [-0.25, -0.2) is 4.98 Å². The first-order valence-corrected chi connectivity index (χ1v) is 7.31. The molecule has 0 bridgehead atoms. The van der Waals surface area contributed by atoms with Gasteiger partial charge in [-0.15, -0.1) is 0 Å². The maximum atomic E-state index is 12.1. The van der Waals surface area contributed by atoms with E-state index in [0.29, 0.717) is 23.0 Å². The van der Waals surface area contributed by atoms with E-state index in [9.17, 15) is 4.79 Å². The van der Waals surface area contributed by atoms with Crippen LogP contribution in [-0.2, 0) is 4.74 Å². The molecule has 2 unspecified atom stereocenters. The van der Waals surface area contributed by atoms with Crippen molar-refractivity contribution in [3.63, 3.8) is 0 Å². The summed E-state index contributed by atoms with van der Waals surface area (Å²) in [6.07, 6.45) is 3.41. The van der Waals surface area contributed by atoms with E-state index in [4.69, 9.17) is 16.3 Å². The van der Waals surface area contributed by atoms with Crippen molar-refractivity contribution in [1.82, 2.24) is 10.3 Å². The quantitative estimate of drug-likeness (QED) is 0.876. The Balaban J connectivity index is 2.01. The number of hydrogen-bond donors (Lipinski definition) is 2. The molecule has 5 nitrogen and oxygen atoms in total. The summed E-state index contributed by atoms with van der Waals surface area (Å²) in [6.45, 7) is 5.51. The number of aromatic nitrogens is 1. The topological polar surface area (TPSA) is 63.2 Å². The van der Waals surface area contributed by atoms with E-state index in [0.717, 1.165) is 19.4 Å². The maximum absolute atomic E-state index is 12.1. The number of nitrogens with one attached hydrogen (secondary N) is 2. The summed E-state index contributed by atoms with van der Waals surface area (Å²) in [5, 5.41) is 6.53. The minimum absolute atomic E-state index is 0.0490. The van der Waals surface area contributed by atoms with Gasteiger partial charge in [-0.05, 0) is 25.8 Å². The highest BCUT2D eigenvalue weighted by molar-refractivity contribution is 6.33. The monoisotopic (exact) mass is 297 g/mol. The highest BCUT2D eigenvalue weighted by Gasteiger charge is 2.26. The first-order chi connectivity index (χ1) is 9.61. The molecule has 0 aromatic carbocycles. The van der Waals surface area contributed by atoms with Crippen LogP contribution in [0.15, 0.2) is 12.3 Å². The molecule has 1 saturated heterocycles. The van der Waals surface area contributed by atoms with E-state index in [-0.39, 0.29) is 18.1 Å². The summed E-state index contributed by atoms with van der Waals surface area (Å²) in [5.41, 5.74) is 0.469. The number of ether oxygens (including phenoxy) is 1. The molecule has 0 saturated carbocycles. The third-order valence-electron chi connectivity index (χ3n) is 3.34. The number of nitrogens with zero attached hydrogens (tertiary/aromatic N) is 1. The second-order valence-electron chi connectivity index (χ2n) is 4.93. The van der Waals surface area contributed by atoms with E-state index < -0.39 is 0 Å². The molecule has 0 spiro atoms. The van der Waals surface area contributed by atoms with Crippen molar-refractivity contribution >= 4 is 23.3 Å². The lowest BCUT2D eigenvalue weighted by Gasteiger charge is -2.16. The summed E-state index contributed by atoms with van der Waals surface area (Å²) < 4.78 is 5.42. The summed E-state index contributed by atoms with van der Waals surface area (Å²) in [5.74, 6) is 0.450. The number of pyridine rings is 1. The smallest absolute Gasteiger partial charge is 0.253 e. The van der Waals surface area contributed by atoms with Gasteiger partial charge in [0.25, 0.3) is 5.91 Å². The van der Waals surface area contributed by atoms with Gasteiger partial charge in [0.15, 0.2) is 0 Å². The molecule has 0 aliphatic carbocycles. The Hall–Kier alpha value is -1.33. The highest BCUT2D eigenvalue weighted by Crippen LogP contribution is 2.20. The number of rotatable bonds is 5. The number of halogens is 1. The van der Waals surface area contributed by atoms with Crippen LogP contribution < -0.4 is 10.6 Å². The van der Waals surface area contributed by atoms with Crippen LogP contribution in [0.25, 0.3) is 0 Å². The molecule has 2 N–H and O–H groups in total. The minimum atomic E-state index is -0.163. The second kappa shape index (κ2) is 6.90. The van der Waals surface area contributed by atoms with Crippen molar-refractivity contribution in [2.75, 3.05) is 18.5 Å². The van der Waals surface area contributed by atoms with Gasteiger partial charge in [-0.3, -0.25) is 4.79 Å². The molecule has 1 aromatic heterocycles. The van der Waals surface area contributed by atoms with Crippen molar-refractivity contribution in [3.05, 3.63) is 22.8 Å². The molecular weight excluding hydrogens is 278 g/mol. The Bertz CT molecular complexity index is 481. The Morgan fingerprint density at radius 1 is 1.60 bits per heavy atom. The Kier molecular flexibility index (Phi) is 5.20. The van der Waals surface area contributed by atoms with E-state index >= 15 is 0 Å². The molecule has 1 aliphatic heterocycles. The lowest BCUT2D eigenvalue weighted by atomic mass is 10.1. The molecule has 2 rings (SSSR count). The van der Waals surface area contributed by atoms with Gasteiger partial charge < -0.3 is 15.4 Å². The molecule has 2 heterocycles. The zero-order valence-corrected chi connectivity index (χ0v) is 12.5. The maximum Gasteiger partial charge on any atom is 0.253 e.